The first kappa shape index (κ1) is 13.6. The quantitative estimate of drug-likeness (QED) is 0.930. The lowest BCUT2D eigenvalue weighted by Gasteiger charge is -2.11. The van der Waals surface area contributed by atoms with Gasteiger partial charge in [-0.3, -0.25) is 4.98 Å². The van der Waals surface area contributed by atoms with E-state index in [1.54, 1.807) is 6.07 Å². The lowest BCUT2D eigenvalue weighted by Crippen LogP contribution is -2.17. The largest absolute Gasteiger partial charge is 0.573 e. The second kappa shape index (κ2) is 5.05. The van der Waals surface area contributed by atoms with Crippen molar-refractivity contribution in [2.45, 2.75) is 19.8 Å². The van der Waals surface area contributed by atoms with Crippen LogP contribution >= 0.6 is 0 Å². The number of rotatable bonds is 3. The molecule has 0 aliphatic carbocycles. The van der Waals surface area contributed by atoms with E-state index in [1.807, 2.05) is 14.0 Å². The molecule has 0 aliphatic rings. The Morgan fingerprint density at radius 1 is 1.26 bits per heavy atom. The van der Waals surface area contributed by atoms with Crippen LogP contribution in [0.1, 0.15) is 11.3 Å². The van der Waals surface area contributed by atoms with E-state index in [0.717, 1.165) is 11.3 Å². The van der Waals surface area contributed by atoms with Gasteiger partial charge in [-0.15, -0.1) is 13.2 Å². The zero-order chi connectivity index (χ0) is 14.0. The van der Waals surface area contributed by atoms with Gasteiger partial charge in [0.25, 0.3) is 0 Å². The fourth-order valence-electron chi connectivity index (χ4n) is 1.84. The smallest absolute Gasteiger partial charge is 0.406 e. The first-order chi connectivity index (χ1) is 8.89. The van der Waals surface area contributed by atoms with Gasteiger partial charge in [0, 0.05) is 11.9 Å². The molecule has 0 unspecified atom stereocenters. The minimum Gasteiger partial charge on any atom is -0.406 e. The van der Waals surface area contributed by atoms with Gasteiger partial charge in [-0.1, -0.05) is 0 Å². The molecule has 102 valence electrons. The highest BCUT2D eigenvalue weighted by molar-refractivity contribution is 5.81. The monoisotopic (exact) mass is 270 g/mol. The minimum atomic E-state index is -4.68. The fourth-order valence-corrected chi connectivity index (χ4v) is 1.84. The first-order valence-electron chi connectivity index (χ1n) is 5.69. The standard InChI is InChI=1S/C13H13F3N2O/c1-8-5-9-6-10(19-13(14,15)16)3-4-11(9)18-12(8)7-17-2/h3-6,17H,7H2,1-2H3. The number of halogens is 3. The Kier molecular flexibility index (Phi) is 3.61. The Morgan fingerprint density at radius 2 is 2.00 bits per heavy atom. The summed E-state index contributed by atoms with van der Waals surface area (Å²) in [5.41, 5.74) is 2.44. The van der Waals surface area contributed by atoms with Gasteiger partial charge in [0.15, 0.2) is 0 Å². The molecule has 1 N–H and O–H groups in total. The molecule has 19 heavy (non-hydrogen) atoms. The van der Waals surface area contributed by atoms with E-state index < -0.39 is 6.36 Å². The van der Waals surface area contributed by atoms with Crippen molar-refractivity contribution in [3.63, 3.8) is 0 Å². The number of hydrogen-bond acceptors (Lipinski definition) is 3. The Morgan fingerprint density at radius 3 is 2.63 bits per heavy atom. The van der Waals surface area contributed by atoms with Crippen LogP contribution in [0.25, 0.3) is 10.9 Å². The summed E-state index contributed by atoms with van der Waals surface area (Å²) in [6, 6.07) is 5.93. The van der Waals surface area contributed by atoms with Crippen molar-refractivity contribution >= 4 is 10.9 Å². The van der Waals surface area contributed by atoms with Crippen molar-refractivity contribution in [3.05, 3.63) is 35.5 Å². The lowest BCUT2D eigenvalue weighted by molar-refractivity contribution is -0.274. The van der Waals surface area contributed by atoms with Crippen molar-refractivity contribution in [1.29, 1.82) is 0 Å². The van der Waals surface area contributed by atoms with Gasteiger partial charge in [-0.05, 0) is 43.8 Å². The normalized spacial score (nSPS) is 11.8. The topological polar surface area (TPSA) is 34.2 Å². The van der Waals surface area contributed by atoms with Crippen molar-refractivity contribution in [2.75, 3.05) is 7.05 Å². The number of pyridine rings is 1. The van der Waals surface area contributed by atoms with E-state index in [-0.39, 0.29) is 5.75 Å². The maximum Gasteiger partial charge on any atom is 0.573 e. The number of aryl methyl sites for hydroxylation is 1. The van der Waals surface area contributed by atoms with Crippen LogP contribution in [0.15, 0.2) is 24.3 Å². The summed E-state index contributed by atoms with van der Waals surface area (Å²) in [7, 11) is 1.81. The summed E-state index contributed by atoms with van der Waals surface area (Å²) in [5.74, 6) is -0.234. The number of hydrogen-bond donors (Lipinski definition) is 1. The van der Waals surface area contributed by atoms with Crippen LogP contribution in [-0.4, -0.2) is 18.4 Å². The first-order valence-corrected chi connectivity index (χ1v) is 5.69. The number of alkyl halides is 3. The highest BCUT2D eigenvalue weighted by Gasteiger charge is 2.31. The van der Waals surface area contributed by atoms with Crippen LogP contribution in [0.4, 0.5) is 13.2 Å². The zero-order valence-electron chi connectivity index (χ0n) is 10.5. The van der Waals surface area contributed by atoms with Crippen LogP contribution in [-0.2, 0) is 6.54 Å². The van der Waals surface area contributed by atoms with Gasteiger partial charge in [-0.25, -0.2) is 0 Å². The van der Waals surface area contributed by atoms with Crippen molar-refractivity contribution in [3.8, 4) is 5.75 Å². The minimum absolute atomic E-state index is 0.234. The molecular formula is C13H13F3N2O. The second-order valence-corrected chi connectivity index (χ2v) is 4.18. The van der Waals surface area contributed by atoms with Gasteiger partial charge in [0.2, 0.25) is 0 Å². The average molecular weight is 270 g/mol. The molecule has 2 rings (SSSR count). The van der Waals surface area contributed by atoms with Crippen LogP contribution in [0.5, 0.6) is 5.75 Å². The maximum absolute atomic E-state index is 12.1. The van der Waals surface area contributed by atoms with Gasteiger partial charge < -0.3 is 10.1 Å². The molecule has 0 amide bonds. The Balaban J connectivity index is 2.41. The summed E-state index contributed by atoms with van der Waals surface area (Å²) in [6.07, 6.45) is -4.68. The molecule has 1 heterocycles. The molecule has 1 aromatic heterocycles. The van der Waals surface area contributed by atoms with E-state index in [9.17, 15) is 13.2 Å². The Bertz CT molecular complexity index is 596. The van der Waals surface area contributed by atoms with Crippen molar-refractivity contribution < 1.29 is 17.9 Å². The SMILES string of the molecule is CNCc1nc2ccc(OC(F)(F)F)cc2cc1C. The molecule has 0 aliphatic heterocycles. The van der Waals surface area contributed by atoms with Gasteiger partial charge in [0.05, 0.1) is 11.2 Å². The Labute approximate surface area is 108 Å². The van der Waals surface area contributed by atoms with Gasteiger partial charge >= 0.3 is 6.36 Å². The van der Waals surface area contributed by atoms with E-state index in [1.165, 1.54) is 18.2 Å². The van der Waals surface area contributed by atoms with Gasteiger partial charge in [-0.2, -0.15) is 0 Å². The molecule has 6 heteroatoms. The van der Waals surface area contributed by atoms with E-state index in [2.05, 4.69) is 15.0 Å². The molecule has 0 saturated carbocycles. The summed E-state index contributed by atoms with van der Waals surface area (Å²) in [5, 5.41) is 3.62. The summed E-state index contributed by atoms with van der Waals surface area (Å²) >= 11 is 0. The highest BCUT2D eigenvalue weighted by atomic mass is 19.4. The molecule has 3 nitrogen and oxygen atoms in total. The van der Waals surface area contributed by atoms with Crippen LogP contribution in [0.2, 0.25) is 0 Å². The third kappa shape index (κ3) is 3.35. The summed E-state index contributed by atoms with van der Waals surface area (Å²) in [6.45, 7) is 2.49. The number of benzene rings is 1. The molecule has 2 aromatic rings. The molecule has 0 saturated heterocycles. The molecule has 0 bridgehead atoms. The van der Waals surface area contributed by atoms with Crippen molar-refractivity contribution in [2.24, 2.45) is 0 Å². The molecule has 0 fully saturated rings. The van der Waals surface area contributed by atoms with E-state index in [4.69, 9.17) is 0 Å². The number of aromatic nitrogens is 1. The fraction of sp³-hybridized carbons (Fsp3) is 0.308. The van der Waals surface area contributed by atoms with Crippen molar-refractivity contribution in [1.82, 2.24) is 10.3 Å². The number of ether oxygens (including phenoxy) is 1. The number of nitrogens with zero attached hydrogens (tertiary/aromatic N) is 1. The third-order valence-corrected chi connectivity index (χ3v) is 2.66. The molecule has 1 aromatic carbocycles. The van der Waals surface area contributed by atoms with E-state index in [0.29, 0.717) is 17.4 Å². The van der Waals surface area contributed by atoms with E-state index >= 15 is 0 Å². The zero-order valence-corrected chi connectivity index (χ0v) is 10.5. The van der Waals surface area contributed by atoms with Crippen LogP contribution < -0.4 is 10.1 Å². The molecular weight excluding hydrogens is 257 g/mol. The maximum atomic E-state index is 12.1. The Hall–Kier alpha value is -1.82. The molecule has 0 atom stereocenters. The predicted octanol–water partition coefficient (Wildman–Crippen LogP) is 3.16. The molecule has 0 radical (unpaired) electrons. The highest BCUT2D eigenvalue weighted by Crippen LogP contribution is 2.26. The molecule has 0 spiro atoms. The summed E-state index contributed by atoms with van der Waals surface area (Å²) in [4.78, 5) is 4.40. The third-order valence-electron chi connectivity index (χ3n) is 2.66. The van der Waals surface area contributed by atoms with Crippen LogP contribution in [0, 0.1) is 6.92 Å². The number of fused-ring (bicyclic) bond motifs is 1. The number of nitrogens with one attached hydrogen (secondary N) is 1. The average Bonchev–Trinajstić information content (AvgIpc) is 2.28. The lowest BCUT2D eigenvalue weighted by atomic mass is 10.1. The van der Waals surface area contributed by atoms with Gasteiger partial charge in [0.1, 0.15) is 5.75 Å². The summed E-state index contributed by atoms with van der Waals surface area (Å²) < 4.78 is 40.3. The van der Waals surface area contributed by atoms with Crippen LogP contribution in [0.3, 0.4) is 0 Å². The predicted molar refractivity (Wildman–Crippen MR) is 65.9 cm³/mol. The second-order valence-electron chi connectivity index (χ2n) is 4.18.